The fourth-order valence-corrected chi connectivity index (χ4v) is 4.82. The molecule has 1 unspecified atom stereocenters. The van der Waals surface area contributed by atoms with Crippen LogP contribution in [0.15, 0.2) is 53.4 Å². The number of carbonyl (C=O) groups excluding carboxylic acids is 1. The molecule has 1 aliphatic heterocycles. The van der Waals surface area contributed by atoms with E-state index >= 15 is 0 Å². The van der Waals surface area contributed by atoms with Crippen LogP contribution in [0.3, 0.4) is 0 Å². The number of sulfonamides is 1. The van der Waals surface area contributed by atoms with Crippen molar-refractivity contribution in [3.63, 3.8) is 0 Å². The quantitative estimate of drug-likeness (QED) is 0.865. The maximum Gasteiger partial charge on any atom is 0.243 e. The van der Waals surface area contributed by atoms with Crippen LogP contribution in [0.4, 0.5) is 10.1 Å². The maximum absolute atomic E-state index is 13.2. The summed E-state index contributed by atoms with van der Waals surface area (Å²) in [6.07, 6.45) is 1.81. The lowest BCUT2D eigenvalue weighted by atomic mass is 10.1. The zero-order valence-electron chi connectivity index (χ0n) is 14.5. The van der Waals surface area contributed by atoms with Gasteiger partial charge in [0.2, 0.25) is 15.9 Å². The highest BCUT2D eigenvalue weighted by molar-refractivity contribution is 7.89. The highest BCUT2D eigenvalue weighted by Gasteiger charge is 2.36. The van der Waals surface area contributed by atoms with E-state index < -0.39 is 10.0 Å². The first-order chi connectivity index (χ1) is 12.4. The van der Waals surface area contributed by atoms with Crippen LogP contribution in [-0.2, 0) is 14.8 Å². The largest absolute Gasteiger partial charge is 0.326 e. The Morgan fingerprint density at radius 1 is 1.15 bits per heavy atom. The molecule has 138 valence electrons. The summed E-state index contributed by atoms with van der Waals surface area (Å²) in [6.45, 7) is 2.18. The molecule has 26 heavy (non-hydrogen) atoms. The van der Waals surface area contributed by atoms with Crippen molar-refractivity contribution in [1.29, 1.82) is 0 Å². The SMILES string of the molecule is CCC(=O)Nc1ccc(S(=O)(=O)N2CCCC2c2ccc(F)cc2)cc1. The molecule has 1 fully saturated rings. The van der Waals surface area contributed by atoms with Gasteiger partial charge in [0, 0.05) is 18.7 Å². The van der Waals surface area contributed by atoms with E-state index in [1.807, 2.05) is 0 Å². The van der Waals surface area contributed by atoms with Crippen LogP contribution in [0.1, 0.15) is 37.8 Å². The van der Waals surface area contributed by atoms with E-state index in [4.69, 9.17) is 0 Å². The molecule has 5 nitrogen and oxygen atoms in total. The van der Waals surface area contributed by atoms with Crippen LogP contribution in [0.25, 0.3) is 0 Å². The van der Waals surface area contributed by atoms with Gasteiger partial charge in [0.05, 0.1) is 10.9 Å². The van der Waals surface area contributed by atoms with Gasteiger partial charge in [0.1, 0.15) is 5.82 Å². The third-order valence-electron chi connectivity index (χ3n) is 4.52. The lowest BCUT2D eigenvalue weighted by Gasteiger charge is -2.24. The summed E-state index contributed by atoms with van der Waals surface area (Å²) in [6, 6.07) is 11.9. The molecule has 2 aromatic carbocycles. The molecule has 1 atom stereocenters. The molecule has 3 rings (SSSR count). The third-order valence-corrected chi connectivity index (χ3v) is 6.45. The van der Waals surface area contributed by atoms with E-state index in [0.717, 1.165) is 12.0 Å². The molecule has 0 saturated carbocycles. The van der Waals surface area contributed by atoms with Crippen LogP contribution in [-0.4, -0.2) is 25.2 Å². The van der Waals surface area contributed by atoms with Gasteiger partial charge >= 0.3 is 0 Å². The van der Waals surface area contributed by atoms with Crippen molar-refractivity contribution >= 4 is 21.6 Å². The molecular formula is C19H21FN2O3S. The number of halogens is 1. The van der Waals surface area contributed by atoms with E-state index in [-0.39, 0.29) is 22.7 Å². The maximum atomic E-state index is 13.2. The first-order valence-electron chi connectivity index (χ1n) is 8.59. The van der Waals surface area contributed by atoms with Gasteiger partial charge in [0.25, 0.3) is 0 Å². The molecule has 1 N–H and O–H groups in total. The Morgan fingerprint density at radius 2 is 1.81 bits per heavy atom. The Balaban J connectivity index is 1.84. The molecule has 1 saturated heterocycles. The second-order valence-corrected chi connectivity index (χ2v) is 8.14. The first kappa shape index (κ1) is 18.5. The van der Waals surface area contributed by atoms with Crippen molar-refractivity contribution < 1.29 is 17.6 Å². The summed E-state index contributed by atoms with van der Waals surface area (Å²) in [5, 5.41) is 2.70. The molecule has 0 aromatic heterocycles. The van der Waals surface area contributed by atoms with Gasteiger partial charge in [0.15, 0.2) is 0 Å². The first-order valence-corrected chi connectivity index (χ1v) is 10.0. The Hall–Kier alpha value is -2.25. The lowest BCUT2D eigenvalue weighted by molar-refractivity contribution is -0.115. The smallest absolute Gasteiger partial charge is 0.243 e. The van der Waals surface area contributed by atoms with Gasteiger partial charge in [-0.25, -0.2) is 12.8 Å². The number of amides is 1. The lowest BCUT2D eigenvalue weighted by Crippen LogP contribution is -2.30. The molecular weight excluding hydrogens is 355 g/mol. The van der Waals surface area contributed by atoms with E-state index in [0.29, 0.717) is 25.1 Å². The minimum absolute atomic E-state index is 0.128. The minimum Gasteiger partial charge on any atom is -0.326 e. The van der Waals surface area contributed by atoms with Gasteiger partial charge in [-0.2, -0.15) is 4.31 Å². The number of anilines is 1. The third kappa shape index (κ3) is 3.78. The zero-order valence-corrected chi connectivity index (χ0v) is 15.3. The van der Waals surface area contributed by atoms with Crippen LogP contribution in [0.2, 0.25) is 0 Å². The summed E-state index contributed by atoms with van der Waals surface area (Å²) < 4.78 is 40.7. The average Bonchev–Trinajstić information content (AvgIpc) is 3.13. The number of rotatable bonds is 5. The summed E-state index contributed by atoms with van der Waals surface area (Å²) >= 11 is 0. The van der Waals surface area contributed by atoms with Crippen molar-refractivity contribution in [2.45, 2.75) is 37.1 Å². The fourth-order valence-electron chi connectivity index (χ4n) is 3.14. The van der Waals surface area contributed by atoms with Crippen molar-refractivity contribution in [2.24, 2.45) is 0 Å². The number of hydrogen-bond donors (Lipinski definition) is 1. The highest BCUT2D eigenvalue weighted by Crippen LogP contribution is 2.36. The molecule has 1 heterocycles. The van der Waals surface area contributed by atoms with E-state index in [2.05, 4.69) is 5.32 Å². The molecule has 0 aliphatic carbocycles. The van der Waals surface area contributed by atoms with Crippen LogP contribution < -0.4 is 5.32 Å². The standard InChI is InChI=1S/C19H21FN2O3S/c1-2-19(23)21-16-9-11-17(12-10-16)26(24,25)22-13-3-4-18(22)14-5-7-15(20)8-6-14/h5-12,18H,2-4,13H2,1H3,(H,21,23). The predicted molar refractivity (Wildman–Crippen MR) is 97.6 cm³/mol. The number of nitrogens with zero attached hydrogens (tertiary/aromatic N) is 1. The topological polar surface area (TPSA) is 66.5 Å². The zero-order chi connectivity index (χ0) is 18.7. The Labute approximate surface area is 152 Å². The molecule has 2 aromatic rings. The Morgan fingerprint density at radius 3 is 2.42 bits per heavy atom. The monoisotopic (exact) mass is 376 g/mol. The molecule has 0 bridgehead atoms. The van der Waals surface area contributed by atoms with Crippen molar-refractivity contribution in [1.82, 2.24) is 4.31 Å². The molecule has 1 amide bonds. The fraction of sp³-hybridized carbons (Fsp3) is 0.316. The number of benzene rings is 2. The summed E-state index contributed by atoms with van der Waals surface area (Å²) in [5.74, 6) is -0.470. The molecule has 0 radical (unpaired) electrons. The van der Waals surface area contributed by atoms with Crippen molar-refractivity contribution in [2.75, 3.05) is 11.9 Å². The van der Waals surface area contributed by atoms with Gasteiger partial charge < -0.3 is 5.32 Å². The highest BCUT2D eigenvalue weighted by atomic mass is 32.2. The Kier molecular flexibility index (Phi) is 5.38. The second kappa shape index (κ2) is 7.55. The second-order valence-electron chi connectivity index (χ2n) is 6.25. The van der Waals surface area contributed by atoms with Gasteiger partial charge in [-0.15, -0.1) is 0 Å². The number of hydrogen-bond acceptors (Lipinski definition) is 3. The average molecular weight is 376 g/mol. The van der Waals surface area contributed by atoms with Crippen LogP contribution in [0.5, 0.6) is 0 Å². The van der Waals surface area contributed by atoms with Gasteiger partial charge in [-0.05, 0) is 54.8 Å². The summed E-state index contributed by atoms with van der Waals surface area (Å²) in [4.78, 5) is 11.6. The molecule has 1 aliphatic rings. The van der Waals surface area contributed by atoms with Gasteiger partial charge in [-0.3, -0.25) is 4.79 Å². The van der Waals surface area contributed by atoms with Gasteiger partial charge in [-0.1, -0.05) is 19.1 Å². The van der Waals surface area contributed by atoms with E-state index in [1.165, 1.54) is 28.6 Å². The Bertz CT molecular complexity index is 880. The normalized spacial score (nSPS) is 18.0. The summed E-state index contributed by atoms with van der Waals surface area (Å²) in [7, 11) is -3.67. The van der Waals surface area contributed by atoms with Crippen molar-refractivity contribution in [3.05, 3.63) is 59.9 Å². The minimum atomic E-state index is -3.67. The van der Waals surface area contributed by atoms with Crippen LogP contribution in [0, 0.1) is 5.82 Å². The van der Waals surface area contributed by atoms with Crippen LogP contribution >= 0.6 is 0 Å². The molecule has 0 spiro atoms. The molecule has 7 heteroatoms. The summed E-state index contributed by atoms with van der Waals surface area (Å²) in [5.41, 5.74) is 1.35. The van der Waals surface area contributed by atoms with E-state index in [9.17, 15) is 17.6 Å². The predicted octanol–water partition coefficient (Wildman–Crippen LogP) is 3.70. The number of carbonyl (C=O) groups is 1. The number of nitrogens with one attached hydrogen (secondary N) is 1. The van der Waals surface area contributed by atoms with Crippen molar-refractivity contribution in [3.8, 4) is 0 Å². The van der Waals surface area contributed by atoms with E-state index in [1.54, 1.807) is 31.2 Å².